The third kappa shape index (κ3) is 2.69. The first-order chi connectivity index (χ1) is 9.53. The van der Waals surface area contributed by atoms with Gasteiger partial charge in [0.05, 0.1) is 12.2 Å². The van der Waals surface area contributed by atoms with Crippen molar-refractivity contribution >= 4 is 33.2 Å². The number of nitrogen functional groups attached to an aromatic ring is 1. The van der Waals surface area contributed by atoms with Gasteiger partial charge >= 0.3 is 0 Å². The average molecular weight is 312 g/mol. The molecule has 1 aromatic carbocycles. The Kier molecular flexibility index (Phi) is 3.42. The molecule has 8 nitrogen and oxygen atoms in total. The SMILES string of the molecule is CC1(C)C(=O)NC(=O)CN1c1ccc(S(N)(=O)=O)c(N)c1. The van der Waals surface area contributed by atoms with Crippen LogP contribution in [0.4, 0.5) is 11.4 Å². The van der Waals surface area contributed by atoms with Crippen molar-refractivity contribution in [2.75, 3.05) is 17.2 Å². The number of amides is 2. The van der Waals surface area contributed by atoms with Crippen molar-refractivity contribution in [3.63, 3.8) is 0 Å². The van der Waals surface area contributed by atoms with E-state index in [9.17, 15) is 18.0 Å². The van der Waals surface area contributed by atoms with Crippen LogP contribution in [0.5, 0.6) is 0 Å². The van der Waals surface area contributed by atoms with Crippen LogP contribution in [0.25, 0.3) is 0 Å². The minimum Gasteiger partial charge on any atom is -0.398 e. The maximum Gasteiger partial charge on any atom is 0.251 e. The van der Waals surface area contributed by atoms with Crippen LogP contribution in [0.3, 0.4) is 0 Å². The zero-order valence-electron chi connectivity index (χ0n) is 11.6. The van der Waals surface area contributed by atoms with Crippen molar-refractivity contribution in [3.05, 3.63) is 18.2 Å². The number of nitrogens with zero attached hydrogens (tertiary/aromatic N) is 1. The molecule has 0 radical (unpaired) electrons. The molecule has 1 heterocycles. The second-order valence-electron chi connectivity index (χ2n) is 5.29. The Bertz CT molecular complexity index is 727. The highest BCUT2D eigenvalue weighted by molar-refractivity contribution is 7.89. The van der Waals surface area contributed by atoms with Crippen LogP contribution in [-0.4, -0.2) is 32.3 Å². The summed E-state index contributed by atoms with van der Waals surface area (Å²) >= 11 is 0. The molecule has 5 N–H and O–H groups in total. The molecular formula is C12H16N4O4S. The van der Waals surface area contributed by atoms with Crippen molar-refractivity contribution in [3.8, 4) is 0 Å². The lowest BCUT2D eigenvalue weighted by atomic mass is 9.97. The summed E-state index contributed by atoms with van der Waals surface area (Å²) in [6, 6.07) is 4.10. The van der Waals surface area contributed by atoms with Crippen molar-refractivity contribution < 1.29 is 18.0 Å². The van der Waals surface area contributed by atoms with Crippen LogP contribution in [0, 0.1) is 0 Å². The molecule has 21 heavy (non-hydrogen) atoms. The maximum atomic E-state index is 11.9. The summed E-state index contributed by atoms with van der Waals surface area (Å²) in [5.74, 6) is -0.874. The monoisotopic (exact) mass is 312 g/mol. The molecule has 0 aliphatic carbocycles. The summed E-state index contributed by atoms with van der Waals surface area (Å²) in [7, 11) is -3.92. The van der Waals surface area contributed by atoms with Crippen LogP contribution in [0.1, 0.15) is 13.8 Å². The highest BCUT2D eigenvalue weighted by atomic mass is 32.2. The summed E-state index contributed by atoms with van der Waals surface area (Å²) in [4.78, 5) is 24.8. The number of benzene rings is 1. The van der Waals surface area contributed by atoms with Gasteiger partial charge < -0.3 is 10.6 Å². The van der Waals surface area contributed by atoms with Gasteiger partial charge in [-0.1, -0.05) is 0 Å². The number of sulfonamides is 1. The first-order valence-electron chi connectivity index (χ1n) is 6.08. The van der Waals surface area contributed by atoms with Crippen LogP contribution in [0.15, 0.2) is 23.1 Å². The van der Waals surface area contributed by atoms with Crippen LogP contribution in [0.2, 0.25) is 0 Å². The number of hydrogen-bond donors (Lipinski definition) is 3. The molecule has 0 atom stereocenters. The highest BCUT2D eigenvalue weighted by Crippen LogP contribution is 2.30. The van der Waals surface area contributed by atoms with Gasteiger partial charge in [0.25, 0.3) is 5.91 Å². The van der Waals surface area contributed by atoms with Gasteiger partial charge in [-0.2, -0.15) is 0 Å². The number of nitrogens with two attached hydrogens (primary N) is 2. The molecular weight excluding hydrogens is 296 g/mol. The zero-order chi connectivity index (χ0) is 16.0. The summed E-state index contributed by atoms with van der Waals surface area (Å²) < 4.78 is 22.7. The molecule has 114 valence electrons. The Morgan fingerprint density at radius 2 is 1.90 bits per heavy atom. The third-order valence-corrected chi connectivity index (χ3v) is 4.38. The number of anilines is 2. The zero-order valence-corrected chi connectivity index (χ0v) is 12.4. The lowest BCUT2D eigenvalue weighted by molar-refractivity contribution is -0.135. The van der Waals surface area contributed by atoms with Crippen molar-refractivity contribution in [2.24, 2.45) is 5.14 Å². The lowest BCUT2D eigenvalue weighted by Gasteiger charge is -2.41. The Hall–Kier alpha value is -2.13. The second-order valence-corrected chi connectivity index (χ2v) is 6.82. The number of primary sulfonamides is 1. The number of hydrogen-bond acceptors (Lipinski definition) is 6. The number of piperazine rings is 1. The molecule has 9 heteroatoms. The van der Waals surface area contributed by atoms with Crippen LogP contribution < -0.4 is 21.1 Å². The third-order valence-electron chi connectivity index (χ3n) is 3.40. The van der Waals surface area contributed by atoms with E-state index in [1.807, 2.05) is 0 Å². The summed E-state index contributed by atoms with van der Waals surface area (Å²) in [6.45, 7) is 3.27. The molecule has 0 saturated carbocycles. The van der Waals surface area contributed by atoms with Gasteiger partial charge in [-0.3, -0.25) is 14.9 Å². The Balaban J connectivity index is 2.49. The predicted molar refractivity (Wildman–Crippen MR) is 76.8 cm³/mol. The summed E-state index contributed by atoms with van der Waals surface area (Å²) in [6.07, 6.45) is 0. The van der Waals surface area contributed by atoms with Gasteiger partial charge in [-0.15, -0.1) is 0 Å². The van der Waals surface area contributed by atoms with Gasteiger partial charge in [0.2, 0.25) is 15.9 Å². The van der Waals surface area contributed by atoms with E-state index in [0.29, 0.717) is 5.69 Å². The van der Waals surface area contributed by atoms with E-state index >= 15 is 0 Å². The van der Waals surface area contributed by atoms with Gasteiger partial charge in [0, 0.05) is 5.69 Å². The van der Waals surface area contributed by atoms with E-state index in [2.05, 4.69) is 5.32 Å². The average Bonchev–Trinajstić information content (AvgIpc) is 2.32. The van der Waals surface area contributed by atoms with Crippen molar-refractivity contribution in [1.82, 2.24) is 5.32 Å². The molecule has 0 unspecified atom stereocenters. The number of carbonyl (C=O) groups excluding carboxylic acids is 2. The van der Waals surface area contributed by atoms with Crippen LogP contribution in [-0.2, 0) is 19.6 Å². The largest absolute Gasteiger partial charge is 0.398 e. The Morgan fingerprint density at radius 1 is 1.29 bits per heavy atom. The molecule has 1 aliphatic rings. The van der Waals surface area contributed by atoms with E-state index < -0.39 is 27.4 Å². The topological polar surface area (TPSA) is 136 Å². The van der Waals surface area contributed by atoms with Gasteiger partial charge in [0.1, 0.15) is 10.4 Å². The second kappa shape index (κ2) is 4.71. The smallest absolute Gasteiger partial charge is 0.251 e. The number of imide groups is 1. The van der Waals surface area contributed by atoms with Crippen molar-refractivity contribution in [2.45, 2.75) is 24.3 Å². The number of carbonyl (C=O) groups is 2. The predicted octanol–water partition coefficient (Wildman–Crippen LogP) is -0.842. The first kappa shape index (κ1) is 15.3. The van der Waals surface area contributed by atoms with Gasteiger partial charge in [-0.05, 0) is 32.0 Å². The van der Waals surface area contributed by atoms with Gasteiger partial charge in [-0.25, -0.2) is 13.6 Å². The van der Waals surface area contributed by atoms with E-state index in [1.165, 1.54) is 18.2 Å². The number of rotatable bonds is 2. The minimum absolute atomic E-state index is 0.0348. The fraction of sp³-hybridized carbons (Fsp3) is 0.333. The quantitative estimate of drug-likeness (QED) is 0.481. The Morgan fingerprint density at radius 3 is 2.43 bits per heavy atom. The fourth-order valence-corrected chi connectivity index (χ4v) is 2.80. The summed E-state index contributed by atoms with van der Waals surface area (Å²) in [5.41, 5.74) is 5.16. The fourth-order valence-electron chi connectivity index (χ4n) is 2.16. The maximum absolute atomic E-state index is 11.9. The van der Waals surface area contributed by atoms with E-state index in [0.717, 1.165) is 0 Å². The van der Waals surface area contributed by atoms with Crippen molar-refractivity contribution in [1.29, 1.82) is 0 Å². The van der Waals surface area contributed by atoms with Crippen LogP contribution >= 0.6 is 0 Å². The molecule has 1 aliphatic heterocycles. The molecule has 0 bridgehead atoms. The molecule has 2 rings (SSSR count). The van der Waals surface area contributed by atoms with E-state index in [-0.39, 0.29) is 17.1 Å². The lowest BCUT2D eigenvalue weighted by Crippen LogP contribution is -2.64. The minimum atomic E-state index is -3.92. The molecule has 1 fully saturated rings. The molecule has 1 saturated heterocycles. The Labute approximate surface area is 122 Å². The standard InChI is InChI=1S/C12H16N4O4S/c1-12(2)11(18)15-10(17)6-16(12)7-3-4-9(8(13)5-7)21(14,19)20/h3-5H,6,13H2,1-2H3,(H2,14,19,20)(H,15,17,18). The summed E-state index contributed by atoms with van der Waals surface area (Å²) in [5, 5.41) is 7.30. The number of nitrogens with one attached hydrogen (secondary N) is 1. The molecule has 0 aromatic heterocycles. The van der Waals surface area contributed by atoms with E-state index in [4.69, 9.17) is 10.9 Å². The first-order valence-corrected chi connectivity index (χ1v) is 7.62. The van der Waals surface area contributed by atoms with Gasteiger partial charge in [0.15, 0.2) is 0 Å². The molecule has 2 amide bonds. The normalized spacial score (nSPS) is 18.5. The highest BCUT2D eigenvalue weighted by Gasteiger charge is 2.41. The molecule has 1 aromatic rings. The molecule has 0 spiro atoms. The van der Waals surface area contributed by atoms with E-state index in [1.54, 1.807) is 18.7 Å².